The predicted molar refractivity (Wildman–Crippen MR) is 79.1 cm³/mol. The Kier molecular flexibility index (Phi) is 5.06. The molecule has 0 unspecified atom stereocenters. The molecule has 0 aliphatic carbocycles. The lowest BCUT2D eigenvalue weighted by atomic mass is 10.2. The summed E-state index contributed by atoms with van der Waals surface area (Å²) in [7, 11) is 0. The van der Waals surface area contributed by atoms with E-state index in [4.69, 9.17) is 5.73 Å². The van der Waals surface area contributed by atoms with Crippen LogP contribution in [0, 0.1) is 0 Å². The molecular formula is C14H17N3OS. The van der Waals surface area contributed by atoms with E-state index in [0.717, 1.165) is 29.1 Å². The molecule has 0 fully saturated rings. The van der Waals surface area contributed by atoms with E-state index in [1.807, 2.05) is 29.6 Å². The van der Waals surface area contributed by atoms with Crippen molar-refractivity contribution in [1.82, 2.24) is 4.98 Å². The van der Waals surface area contributed by atoms with Crippen LogP contribution in [0.25, 0.3) is 10.6 Å². The van der Waals surface area contributed by atoms with Crippen LogP contribution in [0.2, 0.25) is 0 Å². The lowest BCUT2D eigenvalue weighted by Gasteiger charge is -2.05. The van der Waals surface area contributed by atoms with E-state index in [1.54, 1.807) is 17.5 Å². The van der Waals surface area contributed by atoms with E-state index in [2.05, 4.69) is 10.3 Å². The third kappa shape index (κ3) is 4.15. The second kappa shape index (κ2) is 7.01. The molecule has 1 aromatic heterocycles. The highest BCUT2D eigenvalue weighted by Gasteiger charge is 2.03. The minimum Gasteiger partial charge on any atom is -0.330 e. The van der Waals surface area contributed by atoms with Crippen molar-refractivity contribution in [3.63, 3.8) is 0 Å². The van der Waals surface area contributed by atoms with Crippen molar-refractivity contribution >= 4 is 22.9 Å². The Balaban J connectivity index is 1.90. The van der Waals surface area contributed by atoms with Crippen LogP contribution in [0.15, 0.2) is 35.8 Å². The van der Waals surface area contributed by atoms with Crippen LogP contribution >= 0.6 is 11.3 Å². The first kappa shape index (κ1) is 13.7. The van der Waals surface area contributed by atoms with Crippen LogP contribution in [0.5, 0.6) is 0 Å². The van der Waals surface area contributed by atoms with Gasteiger partial charge in [0.05, 0.1) is 0 Å². The van der Waals surface area contributed by atoms with Gasteiger partial charge in [-0.25, -0.2) is 4.98 Å². The summed E-state index contributed by atoms with van der Waals surface area (Å²) in [6.07, 6.45) is 4.02. The number of hydrogen-bond donors (Lipinski definition) is 2. The molecule has 2 rings (SSSR count). The number of nitrogens with two attached hydrogens (primary N) is 1. The van der Waals surface area contributed by atoms with Gasteiger partial charge in [-0.05, 0) is 43.7 Å². The van der Waals surface area contributed by atoms with Gasteiger partial charge < -0.3 is 11.1 Å². The molecule has 1 aromatic carbocycles. The molecule has 19 heavy (non-hydrogen) atoms. The van der Waals surface area contributed by atoms with E-state index >= 15 is 0 Å². The van der Waals surface area contributed by atoms with Crippen molar-refractivity contribution in [2.45, 2.75) is 19.3 Å². The lowest BCUT2D eigenvalue weighted by Crippen LogP contribution is -2.11. The fourth-order valence-corrected chi connectivity index (χ4v) is 2.36. The van der Waals surface area contributed by atoms with Gasteiger partial charge in [0.2, 0.25) is 5.91 Å². The largest absolute Gasteiger partial charge is 0.330 e. The monoisotopic (exact) mass is 275 g/mol. The van der Waals surface area contributed by atoms with Gasteiger partial charge in [0.1, 0.15) is 5.01 Å². The molecule has 0 radical (unpaired) electrons. The van der Waals surface area contributed by atoms with Crippen LogP contribution in [-0.4, -0.2) is 17.4 Å². The molecule has 0 bridgehead atoms. The molecule has 0 saturated carbocycles. The Labute approximate surface area is 116 Å². The summed E-state index contributed by atoms with van der Waals surface area (Å²) in [5, 5.41) is 5.81. The summed E-state index contributed by atoms with van der Waals surface area (Å²) in [6.45, 7) is 0.635. The third-order valence-electron chi connectivity index (χ3n) is 2.71. The van der Waals surface area contributed by atoms with Gasteiger partial charge in [0.25, 0.3) is 0 Å². The first-order chi connectivity index (χ1) is 9.29. The maximum absolute atomic E-state index is 11.6. The van der Waals surface area contributed by atoms with Crippen LogP contribution in [0.1, 0.15) is 19.3 Å². The van der Waals surface area contributed by atoms with Crippen molar-refractivity contribution in [3.8, 4) is 10.6 Å². The number of rotatable bonds is 6. The highest BCUT2D eigenvalue weighted by molar-refractivity contribution is 7.13. The number of unbranched alkanes of at least 4 members (excludes halogenated alkanes) is 1. The van der Waals surface area contributed by atoms with Crippen molar-refractivity contribution in [3.05, 3.63) is 35.8 Å². The quantitative estimate of drug-likeness (QED) is 0.796. The second-order valence-electron chi connectivity index (χ2n) is 4.21. The average molecular weight is 275 g/mol. The summed E-state index contributed by atoms with van der Waals surface area (Å²) in [4.78, 5) is 15.9. The van der Waals surface area contributed by atoms with Crippen molar-refractivity contribution in [2.75, 3.05) is 11.9 Å². The molecule has 0 spiro atoms. The maximum atomic E-state index is 11.6. The summed E-state index contributed by atoms with van der Waals surface area (Å²) < 4.78 is 0. The summed E-state index contributed by atoms with van der Waals surface area (Å²) in [6, 6.07) is 7.73. The number of hydrogen-bond acceptors (Lipinski definition) is 4. The standard InChI is InChI=1S/C14H17N3OS/c15-8-2-1-3-13(18)17-12-6-4-11(5-7-12)14-16-9-10-19-14/h4-7,9-10H,1-3,8,15H2,(H,17,18). The minimum atomic E-state index is 0.0375. The number of nitrogens with one attached hydrogen (secondary N) is 1. The number of thiazole rings is 1. The zero-order valence-electron chi connectivity index (χ0n) is 10.6. The van der Waals surface area contributed by atoms with E-state index < -0.39 is 0 Å². The number of anilines is 1. The number of amides is 1. The van der Waals surface area contributed by atoms with Crippen molar-refractivity contribution in [1.29, 1.82) is 0 Å². The fraction of sp³-hybridized carbons (Fsp3) is 0.286. The Bertz CT molecular complexity index is 508. The first-order valence-corrected chi connectivity index (χ1v) is 7.17. The molecular weight excluding hydrogens is 258 g/mol. The fourth-order valence-electron chi connectivity index (χ4n) is 1.72. The Hall–Kier alpha value is -1.72. The number of nitrogens with zero attached hydrogens (tertiary/aromatic N) is 1. The molecule has 0 saturated heterocycles. The zero-order valence-corrected chi connectivity index (χ0v) is 11.5. The molecule has 100 valence electrons. The highest BCUT2D eigenvalue weighted by atomic mass is 32.1. The van der Waals surface area contributed by atoms with Gasteiger partial charge in [-0.3, -0.25) is 4.79 Å². The van der Waals surface area contributed by atoms with E-state index in [1.165, 1.54) is 0 Å². The Morgan fingerprint density at radius 1 is 1.26 bits per heavy atom. The van der Waals surface area contributed by atoms with Crippen molar-refractivity contribution < 1.29 is 4.79 Å². The Morgan fingerprint density at radius 2 is 2.05 bits per heavy atom. The van der Waals surface area contributed by atoms with E-state index in [9.17, 15) is 4.79 Å². The molecule has 3 N–H and O–H groups in total. The van der Waals surface area contributed by atoms with Crippen molar-refractivity contribution in [2.24, 2.45) is 5.73 Å². The number of carbonyl (C=O) groups excluding carboxylic acids is 1. The first-order valence-electron chi connectivity index (χ1n) is 6.29. The molecule has 0 atom stereocenters. The number of carbonyl (C=O) groups is 1. The van der Waals surface area contributed by atoms with Gasteiger partial charge in [-0.2, -0.15) is 0 Å². The normalized spacial score (nSPS) is 10.4. The van der Waals surface area contributed by atoms with Crippen LogP contribution in [0.3, 0.4) is 0 Å². The van der Waals surface area contributed by atoms with Gasteiger partial charge in [-0.15, -0.1) is 11.3 Å². The van der Waals surface area contributed by atoms with Gasteiger partial charge in [0, 0.05) is 29.2 Å². The van der Waals surface area contributed by atoms with Gasteiger partial charge in [-0.1, -0.05) is 0 Å². The maximum Gasteiger partial charge on any atom is 0.224 e. The smallest absolute Gasteiger partial charge is 0.224 e. The lowest BCUT2D eigenvalue weighted by molar-refractivity contribution is -0.116. The average Bonchev–Trinajstić information content (AvgIpc) is 2.94. The van der Waals surface area contributed by atoms with Crippen LogP contribution < -0.4 is 11.1 Å². The molecule has 1 amide bonds. The number of aromatic nitrogens is 1. The SMILES string of the molecule is NCCCCC(=O)Nc1ccc(-c2nccs2)cc1. The number of benzene rings is 1. The summed E-state index contributed by atoms with van der Waals surface area (Å²) in [5.74, 6) is 0.0375. The third-order valence-corrected chi connectivity index (χ3v) is 3.53. The van der Waals surface area contributed by atoms with Gasteiger partial charge in [0.15, 0.2) is 0 Å². The van der Waals surface area contributed by atoms with Crippen LogP contribution in [-0.2, 0) is 4.79 Å². The zero-order chi connectivity index (χ0) is 13.5. The van der Waals surface area contributed by atoms with E-state index in [0.29, 0.717) is 13.0 Å². The topological polar surface area (TPSA) is 68.0 Å². The molecule has 0 aliphatic rings. The molecule has 2 aromatic rings. The predicted octanol–water partition coefficient (Wildman–Crippen LogP) is 2.88. The minimum absolute atomic E-state index is 0.0375. The molecule has 1 heterocycles. The Morgan fingerprint density at radius 3 is 2.68 bits per heavy atom. The summed E-state index contributed by atoms with van der Waals surface area (Å²) in [5.41, 5.74) is 7.28. The molecule has 4 nitrogen and oxygen atoms in total. The van der Waals surface area contributed by atoms with Crippen LogP contribution in [0.4, 0.5) is 5.69 Å². The second-order valence-corrected chi connectivity index (χ2v) is 5.10. The molecule has 0 aliphatic heterocycles. The van der Waals surface area contributed by atoms with Gasteiger partial charge >= 0.3 is 0 Å². The summed E-state index contributed by atoms with van der Waals surface area (Å²) >= 11 is 1.60. The highest BCUT2D eigenvalue weighted by Crippen LogP contribution is 2.23. The van der Waals surface area contributed by atoms with E-state index in [-0.39, 0.29) is 5.91 Å². The molecule has 5 heteroatoms.